The van der Waals surface area contributed by atoms with Gasteiger partial charge in [0.15, 0.2) is 0 Å². The molecule has 0 bridgehead atoms. The predicted octanol–water partition coefficient (Wildman–Crippen LogP) is 4.41. The second-order valence-corrected chi connectivity index (χ2v) is 8.86. The van der Waals surface area contributed by atoms with Crippen LogP contribution in [-0.4, -0.2) is 36.9 Å². The molecule has 3 aromatic rings. The molecule has 0 aromatic heterocycles. The van der Waals surface area contributed by atoms with Crippen molar-refractivity contribution in [1.29, 1.82) is 0 Å². The zero-order chi connectivity index (χ0) is 23.4. The van der Waals surface area contributed by atoms with Crippen molar-refractivity contribution < 1.29 is 14.3 Å². The molecule has 3 aromatic carbocycles. The molecule has 0 radical (unpaired) electrons. The maximum absolute atomic E-state index is 13.1. The Balaban J connectivity index is 1.50. The number of carbonyl (C=O) groups is 2. The summed E-state index contributed by atoms with van der Waals surface area (Å²) in [7, 11) is 1.66. The van der Waals surface area contributed by atoms with Crippen molar-refractivity contribution in [3.63, 3.8) is 0 Å². The van der Waals surface area contributed by atoms with E-state index in [1.165, 1.54) is 0 Å². The van der Waals surface area contributed by atoms with Crippen LogP contribution in [0, 0.1) is 5.41 Å². The Morgan fingerprint density at radius 3 is 2.33 bits per heavy atom. The number of likely N-dealkylation sites (tertiary alicyclic amines) is 1. The first-order valence-corrected chi connectivity index (χ1v) is 11.3. The van der Waals surface area contributed by atoms with Gasteiger partial charge in [-0.05, 0) is 42.5 Å². The second-order valence-electron chi connectivity index (χ2n) is 8.86. The number of nitrogens with zero attached hydrogens (tertiary/aromatic N) is 1. The standard InChI is InChI=1S/C28H30N2O3/c1-20(22-8-4-3-5-9-22)26(31)30-17-16-28(19-30,27(29)32)18-21-12-14-23(15-13-21)24-10-6-7-11-25(24)33-2/h3-15,20H,16-19H2,1-2H3,(H2,29,32)/t20-,28+/m0/s1. The Bertz CT molecular complexity index is 1130. The van der Waals surface area contributed by atoms with Crippen LogP contribution in [0.2, 0.25) is 0 Å². The summed E-state index contributed by atoms with van der Waals surface area (Å²) in [5, 5.41) is 0. The van der Waals surface area contributed by atoms with Gasteiger partial charge in [0.25, 0.3) is 0 Å². The number of hydrogen-bond donors (Lipinski definition) is 1. The molecule has 0 aliphatic carbocycles. The molecule has 170 valence electrons. The third kappa shape index (κ3) is 4.63. The average molecular weight is 443 g/mol. The number of primary amides is 1. The molecule has 1 aliphatic heterocycles. The summed E-state index contributed by atoms with van der Waals surface area (Å²) >= 11 is 0. The number of para-hydroxylation sites is 1. The summed E-state index contributed by atoms with van der Waals surface area (Å²) < 4.78 is 5.47. The molecule has 5 nitrogen and oxygen atoms in total. The fraction of sp³-hybridized carbons (Fsp3) is 0.286. The first-order chi connectivity index (χ1) is 15.9. The molecular formula is C28H30N2O3. The van der Waals surface area contributed by atoms with Crippen molar-refractivity contribution in [2.75, 3.05) is 20.2 Å². The third-order valence-corrected chi connectivity index (χ3v) is 6.77. The van der Waals surface area contributed by atoms with Gasteiger partial charge in [0, 0.05) is 18.7 Å². The zero-order valence-electron chi connectivity index (χ0n) is 19.2. The molecule has 0 unspecified atom stereocenters. The fourth-order valence-electron chi connectivity index (χ4n) is 4.73. The molecule has 0 spiro atoms. The van der Waals surface area contributed by atoms with Crippen LogP contribution < -0.4 is 10.5 Å². The number of carbonyl (C=O) groups excluding carboxylic acids is 2. The number of hydrogen-bond acceptors (Lipinski definition) is 3. The minimum Gasteiger partial charge on any atom is -0.496 e. The highest BCUT2D eigenvalue weighted by molar-refractivity contribution is 5.87. The number of rotatable bonds is 7. The molecule has 0 saturated carbocycles. The van der Waals surface area contributed by atoms with E-state index in [4.69, 9.17) is 10.5 Å². The second kappa shape index (κ2) is 9.49. The average Bonchev–Trinajstić information content (AvgIpc) is 3.29. The molecule has 2 amide bonds. The van der Waals surface area contributed by atoms with E-state index in [1.807, 2.05) is 85.8 Å². The summed E-state index contributed by atoms with van der Waals surface area (Å²) in [6.45, 7) is 2.81. The molecule has 4 rings (SSSR count). The quantitative estimate of drug-likeness (QED) is 0.589. The van der Waals surface area contributed by atoms with Gasteiger partial charge in [0.1, 0.15) is 5.75 Å². The van der Waals surface area contributed by atoms with Crippen molar-refractivity contribution in [2.24, 2.45) is 11.1 Å². The molecule has 1 saturated heterocycles. The highest BCUT2D eigenvalue weighted by Crippen LogP contribution is 2.37. The van der Waals surface area contributed by atoms with E-state index >= 15 is 0 Å². The van der Waals surface area contributed by atoms with Crippen LogP contribution in [-0.2, 0) is 16.0 Å². The van der Waals surface area contributed by atoms with Gasteiger partial charge in [-0.3, -0.25) is 9.59 Å². The van der Waals surface area contributed by atoms with Gasteiger partial charge < -0.3 is 15.4 Å². The van der Waals surface area contributed by atoms with Gasteiger partial charge in [-0.15, -0.1) is 0 Å². The van der Waals surface area contributed by atoms with E-state index < -0.39 is 5.41 Å². The molecule has 2 atom stereocenters. The van der Waals surface area contributed by atoms with E-state index in [0.717, 1.165) is 28.0 Å². The molecule has 1 fully saturated rings. The van der Waals surface area contributed by atoms with Crippen molar-refractivity contribution in [2.45, 2.75) is 25.7 Å². The van der Waals surface area contributed by atoms with Crippen molar-refractivity contribution in [3.05, 3.63) is 90.0 Å². The Morgan fingerprint density at radius 2 is 1.67 bits per heavy atom. The van der Waals surface area contributed by atoms with E-state index in [-0.39, 0.29) is 17.7 Å². The lowest BCUT2D eigenvalue weighted by Gasteiger charge is -2.27. The van der Waals surface area contributed by atoms with Crippen LogP contribution in [0.5, 0.6) is 5.75 Å². The topological polar surface area (TPSA) is 72.6 Å². The van der Waals surface area contributed by atoms with Crippen molar-refractivity contribution >= 4 is 11.8 Å². The molecule has 1 heterocycles. The minimum atomic E-state index is -0.752. The Kier molecular flexibility index (Phi) is 6.50. The Morgan fingerprint density at radius 1 is 1.00 bits per heavy atom. The van der Waals surface area contributed by atoms with Crippen LogP contribution in [0.3, 0.4) is 0 Å². The number of ether oxygens (including phenoxy) is 1. The number of nitrogens with two attached hydrogens (primary N) is 1. The monoisotopic (exact) mass is 442 g/mol. The summed E-state index contributed by atoms with van der Waals surface area (Å²) in [5.41, 5.74) is 9.21. The van der Waals surface area contributed by atoms with Gasteiger partial charge in [-0.2, -0.15) is 0 Å². The minimum absolute atomic E-state index is 0.0378. The number of amides is 2. The highest BCUT2D eigenvalue weighted by atomic mass is 16.5. The lowest BCUT2D eigenvalue weighted by Crippen LogP contribution is -2.43. The summed E-state index contributed by atoms with van der Waals surface area (Å²) in [4.78, 5) is 27.5. The van der Waals surface area contributed by atoms with Crippen LogP contribution in [0.4, 0.5) is 0 Å². The molecule has 1 aliphatic rings. The third-order valence-electron chi connectivity index (χ3n) is 6.77. The first kappa shape index (κ1) is 22.6. The zero-order valence-corrected chi connectivity index (χ0v) is 19.2. The van der Waals surface area contributed by atoms with Gasteiger partial charge in [0.2, 0.25) is 11.8 Å². The molecule has 2 N–H and O–H groups in total. The van der Waals surface area contributed by atoms with Crippen molar-refractivity contribution in [1.82, 2.24) is 4.90 Å². The van der Waals surface area contributed by atoms with Gasteiger partial charge in [-0.1, -0.05) is 72.8 Å². The normalized spacial score (nSPS) is 18.7. The van der Waals surface area contributed by atoms with Crippen LogP contribution in [0.25, 0.3) is 11.1 Å². The lowest BCUT2D eigenvalue weighted by molar-refractivity contribution is -0.133. The van der Waals surface area contributed by atoms with Gasteiger partial charge in [-0.25, -0.2) is 0 Å². The Hall–Kier alpha value is -3.60. The molecular weight excluding hydrogens is 412 g/mol. The predicted molar refractivity (Wildman–Crippen MR) is 130 cm³/mol. The van der Waals surface area contributed by atoms with Crippen LogP contribution >= 0.6 is 0 Å². The first-order valence-electron chi connectivity index (χ1n) is 11.3. The van der Waals surface area contributed by atoms with E-state index in [1.54, 1.807) is 12.0 Å². The molecule has 33 heavy (non-hydrogen) atoms. The lowest BCUT2D eigenvalue weighted by atomic mass is 9.80. The summed E-state index contributed by atoms with van der Waals surface area (Å²) in [6.07, 6.45) is 1.09. The van der Waals surface area contributed by atoms with Crippen molar-refractivity contribution in [3.8, 4) is 16.9 Å². The van der Waals surface area contributed by atoms with Gasteiger partial charge >= 0.3 is 0 Å². The van der Waals surface area contributed by atoms with Crippen LogP contribution in [0.1, 0.15) is 30.4 Å². The SMILES string of the molecule is COc1ccccc1-c1ccc(C[C@]2(C(N)=O)CCN(C(=O)[C@@H](C)c3ccccc3)C2)cc1. The summed E-state index contributed by atoms with van der Waals surface area (Å²) in [5.74, 6) is 0.251. The number of benzene rings is 3. The highest BCUT2D eigenvalue weighted by Gasteiger charge is 2.45. The van der Waals surface area contributed by atoms with E-state index in [0.29, 0.717) is 25.9 Å². The maximum atomic E-state index is 13.1. The fourth-order valence-corrected chi connectivity index (χ4v) is 4.73. The van der Waals surface area contributed by atoms with E-state index in [9.17, 15) is 9.59 Å². The van der Waals surface area contributed by atoms with Crippen LogP contribution in [0.15, 0.2) is 78.9 Å². The number of methoxy groups -OCH3 is 1. The molecule has 5 heteroatoms. The smallest absolute Gasteiger partial charge is 0.229 e. The maximum Gasteiger partial charge on any atom is 0.229 e. The van der Waals surface area contributed by atoms with E-state index in [2.05, 4.69) is 0 Å². The van der Waals surface area contributed by atoms with Gasteiger partial charge in [0.05, 0.1) is 18.4 Å². The largest absolute Gasteiger partial charge is 0.496 e. The Labute approximate surface area is 195 Å². The summed E-state index contributed by atoms with van der Waals surface area (Å²) in [6, 6.07) is 25.8.